The minimum Gasteiger partial charge on any atom is -0.327 e. The van der Waals surface area contributed by atoms with Crippen LogP contribution in [-0.4, -0.2) is 4.98 Å². The van der Waals surface area contributed by atoms with Crippen LogP contribution >= 0.6 is 33.3 Å². The number of aromatic amines is 1. The van der Waals surface area contributed by atoms with Crippen LogP contribution in [0.25, 0.3) is 10.8 Å². The Morgan fingerprint density at radius 2 is 2.14 bits per heavy atom. The SMILES string of the molecule is O=c1[nH]cc(SCl)c2cccc(Cl)c12. The maximum Gasteiger partial charge on any atom is 0.257 e. The number of hydrogen-bond acceptors (Lipinski definition) is 2. The Bertz CT molecular complexity index is 538. The Kier molecular flexibility index (Phi) is 2.72. The Morgan fingerprint density at radius 1 is 1.36 bits per heavy atom. The predicted molar refractivity (Wildman–Crippen MR) is 61.3 cm³/mol. The number of halogens is 2. The number of aromatic nitrogens is 1. The summed E-state index contributed by atoms with van der Waals surface area (Å²) < 4.78 is 0. The van der Waals surface area contributed by atoms with Crippen LogP contribution in [0.2, 0.25) is 5.02 Å². The van der Waals surface area contributed by atoms with Gasteiger partial charge in [-0.25, -0.2) is 0 Å². The molecular formula is C9H5Cl2NOS. The van der Waals surface area contributed by atoms with Gasteiger partial charge in [-0.3, -0.25) is 4.79 Å². The summed E-state index contributed by atoms with van der Waals surface area (Å²) in [6, 6.07) is 5.30. The normalized spacial score (nSPS) is 10.7. The minimum absolute atomic E-state index is 0.194. The second-order valence-electron chi connectivity index (χ2n) is 2.72. The molecule has 0 aliphatic carbocycles. The highest BCUT2D eigenvalue weighted by Gasteiger charge is 2.07. The molecule has 2 rings (SSSR count). The number of rotatable bonds is 1. The van der Waals surface area contributed by atoms with E-state index < -0.39 is 0 Å². The smallest absolute Gasteiger partial charge is 0.257 e. The van der Waals surface area contributed by atoms with E-state index in [0.717, 1.165) is 21.3 Å². The Balaban J connectivity index is 2.99. The van der Waals surface area contributed by atoms with Crippen LogP contribution < -0.4 is 5.56 Å². The van der Waals surface area contributed by atoms with Crippen LogP contribution in [0, 0.1) is 0 Å². The van der Waals surface area contributed by atoms with Crippen molar-refractivity contribution in [2.45, 2.75) is 4.90 Å². The summed E-state index contributed by atoms with van der Waals surface area (Å²) in [5, 5.41) is 1.71. The van der Waals surface area contributed by atoms with E-state index in [2.05, 4.69) is 4.98 Å². The molecule has 2 aromatic rings. The Hall–Kier alpha value is -0.640. The van der Waals surface area contributed by atoms with Crippen molar-refractivity contribution >= 4 is 44.0 Å². The van der Waals surface area contributed by atoms with Crippen LogP contribution in [0.5, 0.6) is 0 Å². The quantitative estimate of drug-likeness (QED) is 0.836. The van der Waals surface area contributed by atoms with Crippen LogP contribution in [0.3, 0.4) is 0 Å². The van der Waals surface area contributed by atoms with Crippen molar-refractivity contribution in [3.8, 4) is 0 Å². The monoisotopic (exact) mass is 245 g/mol. The van der Waals surface area contributed by atoms with Crippen molar-refractivity contribution in [1.29, 1.82) is 0 Å². The topological polar surface area (TPSA) is 32.9 Å². The van der Waals surface area contributed by atoms with Gasteiger partial charge in [0.2, 0.25) is 0 Å². The van der Waals surface area contributed by atoms with Gasteiger partial charge >= 0.3 is 0 Å². The maximum atomic E-state index is 11.5. The molecule has 2 nitrogen and oxygen atoms in total. The highest BCUT2D eigenvalue weighted by molar-refractivity contribution is 8.21. The third-order valence-corrected chi connectivity index (χ3v) is 3.24. The van der Waals surface area contributed by atoms with Gasteiger partial charge in [0, 0.05) is 16.5 Å². The van der Waals surface area contributed by atoms with E-state index in [-0.39, 0.29) is 5.56 Å². The molecule has 0 bridgehead atoms. The molecule has 0 aliphatic rings. The van der Waals surface area contributed by atoms with Gasteiger partial charge in [-0.1, -0.05) is 23.7 Å². The summed E-state index contributed by atoms with van der Waals surface area (Å²) in [5.41, 5.74) is -0.194. The summed E-state index contributed by atoms with van der Waals surface area (Å²) in [4.78, 5) is 14.9. The van der Waals surface area contributed by atoms with Crippen LogP contribution in [0.4, 0.5) is 0 Å². The first-order chi connectivity index (χ1) is 6.74. The third-order valence-electron chi connectivity index (χ3n) is 1.92. The van der Waals surface area contributed by atoms with Crippen molar-refractivity contribution in [2.75, 3.05) is 0 Å². The molecule has 5 heteroatoms. The molecule has 14 heavy (non-hydrogen) atoms. The van der Waals surface area contributed by atoms with Gasteiger partial charge < -0.3 is 4.98 Å². The molecule has 0 amide bonds. The molecule has 0 fully saturated rings. The molecule has 1 heterocycles. The minimum atomic E-state index is -0.194. The zero-order valence-corrected chi connectivity index (χ0v) is 9.21. The number of H-pyrrole nitrogens is 1. The van der Waals surface area contributed by atoms with E-state index in [1.807, 2.05) is 6.07 Å². The van der Waals surface area contributed by atoms with Crippen molar-refractivity contribution in [2.24, 2.45) is 0 Å². The first-order valence-corrected chi connectivity index (χ1v) is 5.84. The molecule has 0 atom stereocenters. The summed E-state index contributed by atoms with van der Waals surface area (Å²) in [7, 11) is 6.72. The molecular weight excluding hydrogens is 241 g/mol. The van der Waals surface area contributed by atoms with Crippen LogP contribution in [0.1, 0.15) is 0 Å². The largest absolute Gasteiger partial charge is 0.327 e. The number of hydrogen-bond donors (Lipinski definition) is 1. The molecule has 0 saturated carbocycles. The molecule has 0 radical (unpaired) electrons. The number of fused-ring (bicyclic) bond motifs is 1. The summed E-state index contributed by atoms with van der Waals surface area (Å²) in [5.74, 6) is 0. The van der Waals surface area contributed by atoms with E-state index in [4.69, 9.17) is 22.3 Å². The molecule has 1 aromatic heterocycles. The standard InChI is InChI=1S/C9H5Cl2NOS/c10-6-3-1-2-5-7(14-11)4-12-9(13)8(5)6/h1-4H,(H,12,13). The zero-order valence-electron chi connectivity index (χ0n) is 6.88. The summed E-state index contributed by atoms with van der Waals surface area (Å²) in [6.45, 7) is 0. The van der Waals surface area contributed by atoms with Gasteiger partial charge in [0.15, 0.2) is 0 Å². The predicted octanol–water partition coefficient (Wildman–Crippen LogP) is 3.43. The molecule has 0 saturated heterocycles. The second-order valence-corrected chi connectivity index (χ2v) is 4.19. The number of benzene rings is 1. The lowest BCUT2D eigenvalue weighted by atomic mass is 10.2. The van der Waals surface area contributed by atoms with Gasteiger partial charge in [-0.2, -0.15) is 0 Å². The lowest BCUT2D eigenvalue weighted by Gasteiger charge is -2.02. The van der Waals surface area contributed by atoms with Gasteiger partial charge in [-0.15, -0.1) is 0 Å². The molecule has 0 aliphatic heterocycles. The van der Waals surface area contributed by atoms with Crippen molar-refractivity contribution < 1.29 is 0 Å². The van der Waals surface area contributed by atoms with Gasteiger partial charge in [0.1, 0.15) is 0 Å². The Labute approximate surface area is 93.7 Å². The highest BCUT2D eigenvalue weighted by atomic mass is 35.7. The van der Waals surface area contributed by atoms with Crippen molar-refractivity contribution in [1.82, 2.24) is 4.98 Å². The molecule has 1 N–H and O–H groups in total. The van der Waals surface area contributed by atoms with Crippen molar-refractivity contribution in [3.05, 3.63) is 39.8 Å². The fourth-order valence-corrected chi connectivity index (χ4v) is 2.31. The fourth-order valence-electron chi connectivity index (χ4n) is 1.31. The third kappa shape index (κ3) is 1.52. The summed E-state index contributed by atoms with van der Waals surface area (Å²) >= 11 is 5.92. The maximum absolute atomic E-state index is 11.5. The molecule has 1 aromatic carbocycles. The first-order valence-electron chi connectivity index (χ1n) is 3.82. The van der Waals surface area contributed by atoms with E-state index in [0.29, 0.717) is 10.4 Å². The van der Waals surface area contributed by atoms with Crippen molar-refractivity contribution in [3.63, 3.8) is 0 Å². The first kappa shape index (κ1) is 9.90. The highest BCUT2D eigenvalue weighted by Crippen LogP contribution is 2.30. The van der Waals surface area contributed by atoms with E-state index in [9.17, 15) is 4.79 Å². The van der Waals surface area contributed by atoms with Gasteiger partial charge in [0.05, 0.1) is 10.4 Å². The van der Waals surface area contributed by atoms with Gasteiger partial charge in [0.25, 0.3) is 5.56 Å². The van der Waals surface area contributed by atoms with Crippen LogP contribution in [0.15, 0.2) is 34.1 Å². The molecule has 0 spiro atoms. The van der Waals surface area contributed by atoms with E-state index >= 15 is 0 Å². The average Bonchev–Trinajstić information content (AvgIpc) is 2.18. The average molecular weight is 246 g/mol. The number of nitrogens with one attached hydrogen (secondary N) is 1. The lowest BCUT2D eigenvalue weighted by molar-refractivity contribution is 1.22. The zero-order chi connectivity index (χ0) is 10.1. The number of pyridine rings is 1. The van der Waals surface area contributed by atoms with E-state index in [1.165, 1.54) is 0 Å². The van der Waals surface area contributed by atoms with Crippen LogP contribution in [-0.2, 0) is 0 Å². The summed E-state index contributed by atoms with van der Waals surface area (Å²) in [6.07, 6.45) is 1.58. The fraction of sp³-hybridized carbons (Fsp3) is 0. The Morgan fingerprint density at radius 3 is 2.86 bits per heavy atom. The van der Waals surface area contributed by atoms with Gasteiger partial charge in [-0.05, 0) is 27.7 Å². The lowest BCUT2D eigenvalue weighted by Crippen LogP contribution is -2.05. The molecule has 0 unspecified atom stereocenters. The second kappa shape index (κ2) is 3.85. The molecule has 72 valence electrons. The van der Waals surface area contributed by atoms with E-state index in [1.54, 1.807) is 18.3 Å².